The molecule has 1 aliphatic heterocycles. The molecule has 1 aromatic carbocycles. The average molecular weight is 425 g/mol. The minimum absolute atomic E-state index is 0.115. The van der Waals surface area contributed by atoms with Gasteiger partial charge in [-0.3, -0.25) is 9.89 Å². The van der Waals surface area contributed by atoms with Crippen molar-refractivity contribution in [3.63, 3.8) is 0 Å². The summed E-state index contributed by atoms with van der Waals surface area (Å²) in [5, 5.41) is 3.43. The van der Waals surface area contributed by atoms with Crippen molar-refractivity contribution in [1.82, 2.24) is 15.1 Å². The van der Waals surface area contributed by atoms with E-state index in [1.54, 1.807) is 7.05 Å². The highest BCUT2D eigenvalue weighted by Gasteiger charge is 2.23. The molecule has 0 aliphatic carbocycles. The van der Waals surface area contributed by atoms with Gasteiger partial charge in [-0.25, -0.2) is 8.42 Å². The fourth-order valence-corrected chi connectivity index (χ4v) is 4.12. The van der Waals surface area contributed by atoms with Gasteiger partial charge in [0, 0.05) is 52.6 Å². The minimum atomic E-state index is -2.94. The Labute approximate surface area is 176 Å². The van der Waals surface area contributed by atoms with Gasteiger partial charge in [0.05, 0.1) is 5.75 Å². The molecule has 0 radical (unpaired) electrons. The van der Waals surface area contributed by atoms with Crippen molar-refractivity contribution in [3.05, 3.63) is 30.3 Å². The number of hydrogen-bond donors (Lipinski definition) is 1. The fraction of sp³-hybridized carbons (Fsp3) is 0.667. The van der Waals surface area contributed by atoms with Gasteiger partial charge in [-0.15, -0.1) is 0 Å². The Bertz CT molecular complexity index is 742. The van der Waals surface area contributed by atoms with Crippen LogP contribution in [-0.4, -0.2) is 89.1 Å². The van der Waals surface area contributed by atoms with Crippen LogP contribution in [0.1, 0.15) is 20.3 Å². The highest BCUT2D eigenvalue weighted by molar-refractivity contribution is 7.90. The summed E-state index contributed by atoms with van der Waals surface area (Å²) < 4.78 is 28.7. The topological polar surface area (TPSA) is 74.2 Å². The lowest BCUT2D eigenvalue weighted by Gasteiger charge is -2.37. The molecule has 0 spiro atoms. The van der Waals surface area contributed by atoms with Gasteiger partial charge in [-0.05, 0) is 24.0 Å². The van der Waals surface area contributed by atoms with Crippen molar-refractivity contribution in [2.45, 2.75) is 20.3 Å². The van der Waals surface area contributed by atoms with Crippen LogP contribution in [0.15, 0.2) is 35.3 Å². The maximum Gasteiger partial charge on any atom is 0.193 e. The van der Waals surface area contributed by atoms with Crippen LogP contribution in [0.3, 0.4) is 0 Å². The van der Waals surface area contributed by atoms with Gasteiger partial charge in [0.25, 0.3) is 0 Å². The van der Waals surface area contributed by atoms with E-state index in [9.17, 15) is 8.42 Å². The molecule has 1 N–H and O–H groups in total. The van der Waals surface area contributed by atoms with Crippen LogP contribution >= 0.6 is 0 Å². The number of piperazine rings is 1. The normalized spacial score (nSPS) is 16.7. The van der Waals surface area contributed by atoms with Gasteiger partial charge in [0.1, 0.15) is 22.2 Å². The second kappa shape index (κ2) is 10.8. The summed E-state index contributed by atoms with van der Waals surface area (Å²) >= 11 is 0. The maximum atomic E-state index is 11.4. The van der Waals surface area contributed by atoms with E-state index < -0.39 is 9.84 Å². The predicted molar refractivity (Wildman–Crippen MR) is 119 cm³/mol. The van der Waals surface area contributed by atoms with Gasteiger partial charge in [-0.1, -0.05) is 32.0 Å². The van der Waals surface area contributed by atoms with Crippen LogP contribution in [0, 0.1) is 5.41 Å². The molecule has 0 amide bonds. The first-order chi connectivity index (χ1) is 13.7. The second-order valence-corrected chi connectivity index (χ2v) is 10.7. The molecule has 0 atom stereocenters. The quantitative estimate of drug-likeness (QED) is 0.481. The molecule has 7 nitrogen and oxygen atoms in total. The van der Waals surface area contributed by atoms with Crippen LogP contribution < -0.4 is 10.1 Å². The van der Waals surface area contributed by atoms with Crippen molar-refractivity contribution in [3.8, 4) is 5.75 Å². The number of aliphatic imine (C=N–C) groups is 1. The summed E-state index contributed by atoms with van der Waals surface area (Å²) in [4.78, 5) is 9.09. The van der Waals surface area contributed by atoms with Gasteiger partial charge in [0.2, 0.25) is 0 Å². The molecule has 0 bridgehead atoms. The zero-order chi connectivity index (χ0) is 21.3. The summed E-state index contributed by atoms with van der Waals surface area (Å²) in [6.45, 7) is 10.2. The van der Waals surface area contributed by atoms with Crippen molar-refractivity contribution in [2.24, 2.45) is 10.4 Å². The molecule has 1 heterocycles. The first-order valence-electron chi connectivity index (χ1n) is 10.2. The van der Waals surface area contributed by atoms with E-state index in [0.717, 1.165) is 44.4 Å². The Morgan fingerprint density at radius 2 is 1.83 bits per heavy atom. The standard InChI is InChI=1S/C21H36N4O3S/c1-21(2,10-17-29(4,26)27)18-23-20(22-3)25-13-11-24(12-14-25)15-16-28-19-8-6-5-7-9-19/h5-9H,10-18H2,1-4H3,(H,22,23). The van der Waals surface area contributed by atoms with E-state index in [2.05, 4.69) is 34.0 Å². The van der Waals surface area contributed by atoms with Gasteiger partial charge < -0.3 is 15.0 Å². The summed E-state index contributed by atoms with van der Waals surface area (Å²) in [5.74, 6) is 2.01. The van der Waals surface area contributed by atoms with Crippen LogP contribution in [0.2, 0.25) is 0 Å². The number of rotatable bonds is 9. The number of nitrogens with one attached hydrogen (secondary N) is 1. The van der Waals surface area contributed by atoms with Crippen LogP contribution in [0.5, 0.6) is 5.75 Å². The molecule has 8 heteroatoms. The van der Waals surface area contributed by atoms with E-state index in [0.29, 0.717) is 19.6 Å². The van der Waals surface area contributed by atoms with E-state index >= 15 is 0 Å². The Morgan fingerprint density at radius 1 is 1.17 bits per heavy atom. The molecule has 1 saturated heterocycles. The van der Waals surface area contributed by atoms with Gasteiger partial charge in [0.15, 0.2) is 5.96 Å². The molecular weight excluding hydrogens is 388 g/mol. The van der Waals surface area contributed by atoms with E-state index in [-0.39, 0.29) is 11.2 Å². The zero-order valence-electron chi connectivity index (χ0n) is 18.2. The number of para-hydroxylation sites is 1. The summed E-state index contributed by atoms with van der Waals surface area (Å²) in [6.07, 6.45) is 1.92. The number of benzene rings is 1. The predicted octanol–water partition coefficient (Wildman–Crippen LogP) is 1.72. The largest absolute Gasteiger partial charge is 0.492 e. The Morgan fingerprint density at radius 3 is 2.41 bits per heavy atom. The third-order valence-corrected chi connectivity index (χ3v) is 6.12. The lowest BCUT2D eigenvalue weighted by molar-refractivity contribution is 0.151. The Balaban J connectivity index is 1.71. The highest BCUT2D eigenvalue weighted by Crippen LogP contribution is 2.20. The van der Waals surface area contributed by atoms with E-state index in [4.69, 9.17) is 4.74 Å². The Kier molecular flexibility index (Phi) is 8.77. The zero-order valence-corrected chi connectivity index (χ0v) is 19.0. The number of guanidine groups is 1. The fourth-order valence-electron chi connectivity index (χ4n) is 3.19. The molecule has 1 fully saturated rings. The molecular formula is C21H36N4O3S. The molecule has 0 aromatic heterocycles. The molecule has 0 unspecified atom stereocenters. The van der Waals surface area contributed by atoms with E-state index in [1.807, 2.05) is 30.3 Å². The first-order valence-corrected chi connectivity index (χ1v) is 12.3. The monoisotopic (exact) mass is 424 g/mol. The van der Waals surface area contributed by atoms with Crippen molar-refractivity contribution in [2.75, 3.05) is 64.9 Å². The third-order valence-electron chi connectivity index (χ3n) is 5.18. The molecule has 164 valence electrons. The molecule has 29 heavy (non-hydrogen) atoms. The molecule has 2 rings (SSSR count). The SMILES string of the molecule is CN=C(NCC(C)(C)CCS(C)(=O)=O)N1CCN(CCOc2ccccc2)CC1. The third kappa shape index (κ3) is 9.04. The average Bonchev–Trinajstić information content (AvgIpc) is 2.68. The van der Waals surface area contributed by atoms with Gasteiger partial charge in [-0.2, -0.15) is 0 Å². The lowest BCUT2D eigenvalue weighted by atomic mass is 9.90. The van der Waals surface area contributed by atoms with Gasteiger partial charge >= 0.3 is 0 Å². The van der Waals surface area contributed by atoms with Crippen molar-refractivity contribution < 1.29 is 13.2 Å². The van der Waals surface area contributed by atoms with Crippen molar-refractivity contribution >= 4 is 15.8 Å². The number of sulfone groups is 1. The molecule has 1 aliphatic rings. The van der Waals surface area contributed by atoms with Crippen LogP contribution in [-0.2, 0) is 9.84 Å². The molecule has 0 saturated carbocycles. The lowest BCUT2D eigenvalue weighted by Crippen LogP contribution is -2.54. The minimum Gasteiger partial charge on any atom is -0.492 e. The molecule has 1 aromatic rings. The van der Waals surface area contributed by atoms with Crippen molar-refractivity contribution in [1.29, 1.82) is 0 Å². The second-order valence-electron chi connectivity index (χ2n) is 8.44. The van der Waals surface area contributed by atoms with Crippen LogP contribution in [0.4, 0.5) is 0 Å². The van der Waals surface area contributed by atoms with Crippen LogP contribution in [0.25, 0.3) is 0 Å². The highest BCUT2D eigenvalue weighted by atomic mass is 32.2. The van der Waals surface area contributed by atoms with E-state index in [1.165, 1.54) is 6.26 Å². The number of hydrogen-bond acceptors (Lipinski definition) is 5. The number of nitrogens with zero attached hydrogens (tertiary/aromatic N) is 3. The first kappa shape index (κ1) is 23.5. The number of ether oxygens (including phenoxy) is 1. The summed E-state index contributed by atoms with van der Waals surface area (Å²) in [7, 11) is -1.14. The smallest absolute Gasteiger partial charge is 0.193 e. The Hall–Kier alpha value is -1.80. The maximum absolute atomic E-state index is 11.4. The summed E-state index contributed by atoms with van der Waals surface area (Å²) in [6, 6.07) is 9.90. The summed E-state index contributed by atoms with van der Waals surface area (Å²) in [5.41, 5.74) is -0.115.